The summed E-state index contributed by atoms with van der Waals surface area (Å²) in [7, 11) is 4.28. The predicted molar refractivity (Wildman–Crippen MR) is 74.2 cm³/mol. The zero-order valence-electron chi connectivity index (χ0n) is 11.0. The van der Waals surface area contributed by atoms with Crippen LogP contribution in [0.3, 0.4) is 0 Å². The third-order valence-corrected chi connectivity index (χ3v) is 3.50. The van der Waals surface area contributed by atoms with Gasteiger partial charge >= 0.3 is 0 Å². The summed E-state index contributed by atoms with van der Waals surface area (Å²) in [4.78, 5) is 7.48. The molecule has 5 nitrogen and oxygen atoms in total. The van der Waals surface area contributed by atoms with Crippen molar-refractivity contribution >= 4 is 11.4 Å². The molecule has 1 aliphatic heterocycles. The van der Waals surface area contributed by atoms with E-state index >= 15 is 0 Å². The van der Waals surface area contributed by atoms with Crippen molar-refractivity contribution in [1.29, 1.82) is 0 Å². The standard InChI is InChI=1S/C13H19N5/c1-17(2)13-4-3-9-18(10-13)12-7-5-11(6-8-12)15-16-14/h5-8,13H,3-4,9-10H2,1-2H3. The van der Waals surface area contributed by atoms with Crippen LogP contribution in [0.1, 0.15) is 12.8 Å². The first-order chi connectivity index (χ1) is 8.70. The number of rotatable bonds is 3. The van der Waals surface area contributed by atoms with Crippen LogP contribution in [0.25, 0.3) is 10.4 Å². The molecule has 1 unspecified atom stereocenters. The second-order valence-electron chi connectivity index (χ2n) is 4.91. The Morgan fingerprint density at radius 1 is 1.33 bits per heavy atom. The van der Waals surface area contributed by atoms with E-state index in [-0.39, 0.29) is 0 Å². The summed E-state index contributed by atoms with van der Waals surface area (Å²) in [6, 6.07) is 8.42. The molecule has 1 aromatic rings. The van der Waals surface area contributed by atoms with Crippen molar-refractivity contribution in [1.82, 2.24) is 4.90 Å². The van der Waals surface area contributed by atoms with Gasteiger partial charge in [-0.1, -0.05) is 17.2 Å². The van der Waals surface area contributed by atoms with E-state index in [9.17, 15) is 0 Å². The van der Waals surface area contributed by atoms with E-state index in [0.717, 1.165) is 13.1 Å². The van der Waals surface area contributed by atoms with E-state index in [1.807, 2.05) is 24.3 Å². The number of piperidine rings is 1. The van der Waals surface area contributed by atoms with E-state index in [4.69, 9.17) is 5.53 Å². The van der Waals surface area contributed by atoms with Crippen molar-refractivity contribution in [3.05, 3.63) is 34.7 Å². The summed E-state index contributed by atoms with van der Waals surface area (Å²) in [6.07, 6.45) is 2.49. The Bertz CT molecular complexity index is 433. The molecule has 0 radical (unpaired) electrons. The fourth-order valence-electron chi connectivity index (χ4n) is 2.39. The predicted octanol–water partition coefficient (Wildman–Crippen LogP) is 3.16. The third kappa shape index (κ3) is 2.94. The molecule has 0 spiro atoms. The lowest BCUT2D eigenvalue weighted by Crippen LogP contribution is -2.45. The van der Waals surface area contributed by atoms with Crippen LogP contribution in [-0.4, -0.2) is 38.1 Å². The van der Waals surface area contributed by atoms with Gasteiger partial charge in [-0.25, -0.2) is 0 Å². The van der Waals surface area contributed by atoms with E-state index in [2.05, 4.69) is 33.9 Å². The zero-order valence-corrected chi connectivity index (χ0v) is 11.0. The molecular weight excluding hydrogens is 226 g/mol. The summed E-state index contributed by atoms with van der Waals surface area (Å²) in [5.41, 5.74) is 10.3. The van der Waals surface area contributed by atoms with Gasteiger partial charge in [0.25, 0.3) is 0 Å². The van der Waals surface area contributed by atoms with Crippen molar-refractivity contribution < 1.29 is 0 Å². The molecule has 2 rings (SSSR count). The van der Waals surface area contributed by atoms with Crippen molar-refractivity contribution in [2.75, 3.05) is 32.1 Å². The average Bonchev–Trinajstić information content (AvgIpc) is 2.40. The summed E-state index contributed by atoms with van der Waals surface area (Å²) in [5.74, 6) is 0. The summed E-state index contributed by atoms with van der Waals surface area (Å²) in [6.45, 7) is 2.17. The van der Waals surface area contributed by atoms with Crippen molar-refractivity contribution in [2.24, 2.45) is 5.11 Å². The van der Waals surface area contributed by atoms with Crippen LogP contribution in [0.15, 0.2) is 29.4 Å². The number of anilines is 1. The molecule has 0 aromatic heterocycles. The number of azide groups is 1. The molecule has 1 aliphatic rings. The molecule has 1 heterocycles. The van der Waals surface area contributed by atoms with Crippen LogP contribution >= 0.6 is 0 Å². The van der Waals surface area contributed by atoms with Crippen LogP contribution in [0, 0.1) is 0 Å². The Morgan fingerprint density at radius 3 is 2.67 bits per heavy atom. The van der Waals surface area contributed by atoms with Gasteiger partial charge in [-0.2, -0.15) is 0 Å². The maximum Gasteiger partial charge on any atom is 0.0376 e. The number of benzene rings is 1. The van der Waals surface area contributed by atoms with E-state index in [1.165, 1.54) is 18.5 Å². The quantitative estimate of drug-likeness (QED) is 0.466. The maximum absolute atomic E-state index is 8.38. The Morgan fingerprint density at radius 2 is 2.06 bits per heavy atom. The van der Waals surface area contributed by atoms with Gasteiger partial charge in [0, 0.05) is 35.4 Å². The smallest absolute Gasteiger partial charge is 0.0376 e. The summed E-state index contributed by atoms with van der Waals surface area (Å²) in [5, 5.41) is 3.59. The second-order valence-corrected chi connectivity index (χ2v) is 4.91. The third-order valence-electron chi connectivity index (χ3n) is 3.50. The molecule has 0 N–H and O–H groups in total. The van der Waals surface area contributed by atoms with Gasteiger partial charge in [0.1, 0.15) is 0 Å². The van der Waals surface area contributed by atoms with Crippen LogP contribution in [0.4, 0.5) is 11.4 Å². The summed E-state index contributed by atoms with van der Waals surface area (Å²) >= 11 is 0. The van der Waals surface area contributed by atoms with Crippen LogP contribution in [-0.2, 0) is 0 Å². The van der Waals surface area contributed by atoms with Crippen LogP contribution < -0.4 is 4.90 Å². The lowest BCUT2D eigenvalue weighted by Gasteiger charge is -2.37. The highest BCUT2D eigenvalue weighted by Gasteiger charge is 2.21. The number of hydrogen-bond donors (Lipinski definition) is 0. The molecular formula is C13H19N5. The Kier molecular flexibility index (Phi) is 4.07. The minimum atomic E-state index is 0.621. The van der Waals surface area contributed by atoms with Gasteiger partial charge in [0.05, 0.1) is 0 Å². The molecule has 18 heavy (non-hydrogen) atoms. The first-order valence-electron chi connectivity index (χ1n) is 6.27. The molecule has 1 aromatic carbocycles. The molecule has 0 aliphatic carbocycles. The highest BCUT2D eigenvalue weighted by atomic mass is 15.2. The maximum atomic E-state index is 8.38. The largest absolute Gasteiger partial charge is 0.370 e. The van der Waals surface area contributed by atoms with Gasteiger partial charge in [-0.3, -0.25) is 0 Å². The highest BCUT2D eigenvalue weighted by Crippen LogP contribution is 2.24. The first-order valence-corrected chi connectivity index (χ1v) is 6.27. The van der Waals surface area contributed by atoms with Crippen molar-refractivity contribution in [3.8, 4) is 0 Å². The minimum Gasteiger partial charge on any atom is -0.370 e. The highest BCUT2D eigenvalue weighted by molar-refractivity contribution is 5.53. The fourth-order valence-corrected chi connectivity index (χ4v) is 2.39. The Labute approximate surface area is 108 Å². The van der Waals surface area contributed by atoms with E-state index in [1.54, 1.807) is 0 Å². The average molecular weight is 245 g/mol. The Hall–Kier alpha value is -1.71. The monoisotopic (exact) mass is 245 g/mol. The van der Waals surface area contributed by atoms with Gasteiger partial charge < -0.3 is 9.80 Å². The molecule has 0 saturated carbocycles. The molecule has 0 amide bonds. The minimum absolute atomic E-state index is 0.621. The Balaban J connectivity index is 2.08. The summed E-state index contributed by atoms with van der Waals surface area (Å²) < 4.78 is 0. The normalized spacial score (nSPS) is 19.7. The van der Waals surface area contributed by atoms with Crippen molar-refractivity contribution in [2.45, 2.75) is 18.9 Å². The number of hydrogen-bond acceptors (Lipinski definition) is 3. The molecule has 1 saturated heterocycles. The molecule has 1 atom stereocenters. The SMILES string of the molecule is CN(C)C1CCCN(c2ccc(N=[N+]=[N-])cc2)C1. The lowest BCUT2D eigenvalue weighted by atomic mass is 10.0. The number of nitrogens with zero attached hydrogens (tertiary/aromatic N) is 5. The van der Waals surface area contributed by atoms with Gasteiger partial charge in [-0.05, 0) is 44.6 Å². The first kappa shape index (κ1) is 12.7. The second kappa shape index (κ2) is 5.76. The zero-order chi connectivity index (χ0) is 13.0. The van der Waals surface area contributed by atoms with Gasteiger partial charge in [0.2, 0.25) is 0 Å². The molecule has 1 fully saturated rings. The lowest BCUT2D eigenvalue weighted by molar-refractivity contribution is 0.258. The van der Waals surface area contributed by atoms with E-state index < -0.39 is 0 Å². The molecule has 5 heteroatoms. The fraction of sp³-hybridized carbons (Fsp3) is 0.538. The van der Waals surface area contributed by atoms with Crippen LogP contribution in [0.2, 0.25) is 0 Å². The van der Waals surface area contributed by atoms with Crippen molar-refractivity contribution in [3.63, 3.8) is 0 Å². The molecule has 0 bridgehead atoms. The van der Waals surface area contributed by atoms with Crippen LogP contribution in [0.5, 0.6) is 0 Å². The molecule has 96 valence electrons. The van der Waals surface area contributed by atoms with E-state index in [0.29, 0.717) is 11.7 Å². The topological polar surface area (TPSA) is 55.2 Å². The van der Waals surface area contributed by atoms with Gasteiger partial charge in [0.15, 0.2) is 0 Å². The number of likely N-dealkylation sites (N-methyl/N-ethyl adjacent to an activating group) is 1. The van der Waals surface area contributed by atoms with Gasteiger partial charge in [-0.15, -0.1) is 0 Å².